The van der Waals surface area contributed by atoms with Gasteiger partial charge in [0.25, 0.3) is 9.84 Å². The van der Waals surface area contributed by atoms with Gasteiger partial charge in [0.2, 0.25) is 0 Å². The van der Waals surface area contributed by atoms with E-state index in [1.165, 1.54) is 17.0 Å². The minimum atomic E-state index is -3.88. The highest BCUT2D eigenvalue weighted by atomic mass is 32.2. The lowest BCUT2D eigenvalue weighted by atomic mass is 10.4. The van der Waals surface area contributed by atoms with Gasteiger partial charge in [-0.15, -0.1) is 0 Å². The van der Waals surface area contributed by atoms with Gasteiger partial charge in [0, 0.05) is 13.1 Å². The zero-order valence-corrected chi connectivity index (χ0v) is 10.2. The van der Waals surface area contributed by atoms with Crippen LogP contribution in [0.1, 0.15) is 13.8 Å². The number of carbonyl (C=O) groups excluding carboxylic acids is 1. The number of amides is 1. The first-order chi connectivity index (χ1) is 7.54. The largest absolute Gasteiger partial charge is 0.343 e. The molecule has 0 aliphatic heterocycles. The molecule has 0 aliphatic carbocycles. The minimum Gasteiger partial charge on any atom is -0.330 e. The molecule has 0 unspecified atom stereocenters. The molecular formula is C11H15NO3S. The molecule has 1 aromatic carbocycles. The first kappa shape index (κ1) is 12.7. The quantitative estimate of drug-likeness (QED) is 0.812. The van der Waals surface area contributed by atoms with Crippen LogP contribution in [-0.2, 0) is 9.84 Å². The standard InChI is InChI=1S/C11H15NO3S/c1-3-12(4-2)11(13)16(14,15)10-8-6-5-7-9-10/h5-9H,3-4H2,1-2H3. The van der Waals surface area contributed by atoms with Crippen LogP contribution < -0.4 is 0 Å². The third-order valence-electron chi connectivity index (χ3n) is 2.31. The zero-order chi connectivity index (χ0) is 12.2. The minimum absolute atomic E-state index is 0.0481. The van der Waals surface area contributed by atoms with Crippen LogP contribution in [-0.4, -0.2) is 31.6 Å². The van der Waals surface area contributed by atoms with E-state index < -0.39 is 15.1 Å². The van der Waals surface area contributed by atoms with Crippen molar-refractivity contribution in [2.24, 2.45) is 0 Å². The van der Waals surface area contributed by atoms with E-state index in [-0.39, 0.29) is 4.90 Å². The summed E-state index contributed by atoms with van der Waals surface area (Å²) in [5, 5.41) is -0.830. The Kier molecular flexibility index (Phi) is 4.06. The van der Waals surface area contributed by atoms with Crippen molar-refractivity contribution in [2.45, 2.75) is 18.7 Å². The summed E-state index contributed by atoms with van der Waals surface area (Å²) in [6, 6.07) is 7.76. The summed E-state index contributed by atoms with van der Waals surface area (Å²) < 4.78 is 23.8. The molecule has 0 N–H and O–H groups in total. The highest BCUT2D eigenvalue weighted by Crippen LogP contribution is 2.13. The zero-order valence-electron chi connectivity index (χ0n) is 9.38. The van der Waals surface area contributed by atoms with E-state index in [1.54, 1.807) is 32.0 Å². The van der Waals surface area contributed by atoms with Gasteiger partial charge >= 0.3 is 5.24 Å². The van der Waals surface area contributed by atoms with Crippen molar-refractivity contribution in [3.63, 3.8) is 0 Å². The van der Waals surface area contributed by atoms with Gasteiger partial charge in [0.1, 0.15) is 0 Å². The van der Waals surface area contributed by atoms with E-state index in [4.69, 9.17) is 0 Å². The molecule has 0 aliphatic rings. The van der Waals surface area contributed by atoms with Crippen LogP contribution in [0.3, 0.4) is 0 Å². The Labute approximate surface area is 95.8 Å². The third kappa shape index (κ3) is 2.41. The van der Waals surface area contributed by atoms with E-state index in [0.29, 0.717) is 13.1 Å². The lowest BCUT2D eigenvalue weighted by Crippen LogP contribution is -2.35. The van der Waals surface area contributed by atoms with E-state index in [0.717, 1.165) is 0 Å². The Hall–Kier alpha value is -1.36. The summed E-state index contributed by atoms with van der Waals surface area (Å²) in [4.78, 5) is 13.1. The molecule has 0 saturated heterocycles. The van der Waals surface area contributed by atoms with Crippen LogP contribution >= 0.6 is 0 Å². The van der Waals surface area contributed by atoms with Gasteiger partial charge in [-0.2, -0.15) is 0 Å². The summed E-state index contributed by atoms with van der Waals surface area (Å²) >= 11 is 0. The SMILES string of the molecule is CCN(CC)C(=O)S(=O)(=O)c1ccccc1. The summed E-state index contributed by atoms with van der Waals surface area (Å²) in [6.07, 6.45) is 0. The summed E-state index contributed by atoms with van der Waals surface area (Å²) in [7, 11) is -3.88. The molecule has 0 saturated carbocycles. The van der Waals surface area contributed by atoms with E-state index >= 15 is 0 Å². The van der Waals surface area contributed by atoms with Gasteiger partial charge in [0.05, 0.1) is 4.90 Å². The van der Waals surface area contributed by atoms with E-state index in [9.17, 15) is 13.2 Å². The van der Waals surface area contributed by atoms with E-state index in [2.05, 4.69) is 0 Å². The highest BCUT2D eigenvalue weighted by molar-refractivity contribution is 8.06. The normalized spacial score (nSPS) is 11.1. The number of hydrogen-bond donors (Lipinski definition) is 0. The molecule has 0 fully saturated rings. The fraction of sp³-hybridized carbons (Fsp3) is 0.364. The highest BCUT2D eigenvalue weighted by Gasteiger charge is 2.28. The van der Waals surface area contributed by atoms with Gasteiger partial charge in [-0.1, -0.05) is 18.2 Å². The molecule has 0 spiro atoms. The number of benzene rings is 1. The average Bonchev–Trinajstić information content (AvgIpc) is 2.31. The van der Waals surface area contributed by atoms with Crippen molar-refractivity contribution in [1.82, 2.24) is 4.90 Å². The predicted molar refractivity (Wildman–Crippen MR) is 61.9 cm³/mol. The number of rotatable bonds is 3. The van der Waals surface area contributed by atoms with Gasteiger partial charge in [-0.3, -0.25) is 4.79 Å². The first-order valence-electron chi connectivity index (χ1n) is 5.13. The summed E-state index contributed by atoms with van der Waals surface area (Å²) in [5.41, 5.74) is 0. The number of hydrogen-bond acceptors (Lipinski definition) is 3. The Bertz CT molecular complexity index is 449. The summed E-state index contributed by atoms with van der Waals surface area (Å²) in [5.74, 6) is 0. The Morgan fingerprint density at radius 2 is 1.62 bits per heavy atom. The molecule has 0 bridgehead atoms. The molecule has 0 heterocycles. The second-order valence-corrected chi connectivity index (χ2v) is 5.08. The fourth-order valence-corrected chi connectivity index (χ4v) is 2.67. The maximum Gasteiger partial charge on any atom is 0.343 e. The van der Waals surface area contributed by atoms with Crippen molar-refractivity contribution in [1.29, 1.82) is 0 Å². The molecule has 0 radical (unpaired) electrons. The number of sulfone groups is 1. The van der Waals surface area contributed by atoms with Crippen LogP contribution in [0.5, 0.6) is 0 Å². The average molecular weight is 241 g/mol. The molecule has 0 atom stereocenters. The van der Waals surface area contributed by atoms with Crippen molar-refractivity contribution in [3.05, 3.63) is 30.3 Å². The molecule has 1 aromatic rings. The second kappa shape index (κ2) is 5.12. The Morgan fingerprint density at radius 1 is 1.12 bits per heavy atom. The van der Waals surface area contributed by atoms with Crippen LogP contribution in [0.25, 0.3) is 0 Å². The van der Waals surface area contributed by atoms with Crippen molar-refractivity contribution >= 4 is 15.1 Å². The second-order valence-electron chi connectivity index (χ2n) is 3.25. The maximum atomic E-state index is 11.9. The molecule has 88 valence electrons. The van der Waals surface area contributed by atoms with Crippen molar-refractivity contribution in [2.75, 3.05) is 13.1 Å². The molecule has 5 heteroatoms. The Balaban J connectivity index is 3.09. The first-order valence-corrected chi connectivity index (χ1v) is 6.61. The molecule has 0 aromatic heterocycles. The molecule has 1 amide bonds. The van der Waals surface area contributed by atoms with Crippen LogP contribution in [0.15, 0.2) is 35.2 Å². The van der Waals surface area contributed by atoms with Crippen LogP contribution in [0.2, 0.25) is 0 Å². The number of carbonyl (C=O) groups is 1. The topological polar surface area (TPSA) is 54.5 Å². The Morgan fingerprint density at radius 3 is 2.06 bits per heavy atom. The van der Waals surface area contributed by atoms with Gasteiger partial charge < -0.3 is 4.90 Å². The van der Waals surface area contributed by atoms with Gasteiger partial charge in [-0.05, 0) is 26.0 Å². The lowest BCUT2D eigenvalue weighted by Gasteiger charge is -2.18. The molecular weight excluding hydrogens is 226 g/mol. The smallest absolute Gasteiger partial charge is 0.330 e. The van der Waals surface area contributed by atoms with E-state index in [1.807, 2.05) is 0 Å². The van der Waals surface area contributed by atoms with Gasteiger partial charge in [0.15, 0.2) is 0 Å². The van der Waals surface area contributed by atoms with Gasteiger partial charge in [-0.25, -0.2) is 8.42 Å². The molecule has 4 nitrogen and oxygen atoms in total. The fourth-order valence-electron chi connectivity index (χ4n) is 1.35. The van der Waals surface area contributed by atoms with Crippen LogP contribution in [0.4, 0.5) is 4.79 Å². The lowest BCUT2D eigenvalue weighted by molar-refractivity contribution is 0.225. The third-order valence-corrected chi connectivity index (χ3v) is 3.92. The number of nitrogens with zero attached hydrogens (tertiary/aromatic N) is 1. The van der Waals surface area contributed by atoms with Crippen molar-refractivity contribution < 1.29 is 13.2 Å². The van der Waals surface area contributed by atoms with Crippen molar-refractivity contribution in [3.8, 4) is 0 Å². The maximum absolute atomic E-state index is 11.9. The predicted octanol–water partition coefficient (Wildman–Crippen LogP) is 1.92. The van der Waals surface area contributed by atoms with Crippen LogP contribution in [0, 0.1) is 0 Å². The molecule has 1 rings (SSSR count). The molecule has 16 heavy (non-hydrogen) atoms. The monoisotopic (exact) mass is 241 g/mol. The summed E-state index contributed by atoms with van der Waals surface area (Å²) in [6.45, 7) is 4.28.